The third kappa shape index (κ3) is 4.08. The van der Waals surface area contributed by atoms with Crippen LogP contribution >= 0.6 is 23.3 Å². The number of aliphatic carboxylic acids is 1. The van der Waals surface area contributed by atoms with E-state index in [0.29, 0.717) is 37.2 Å². The Bertz CT molecular complexity index is 1240. The first kappa shape index (κ1) is 24.2. The van der Waals surface area contributed by atoms with Crippen LogP contribution in [0, 0.1) is 0 Å². The summed E-state index contributed by atoms with van der Waals surface area (Å²) in [6.07, 6.45) is 2.05. The molecule has 190 valence electrons. The number of thioether (sulfide) groups is 1. The molecule has 17 heteroatoms. The predicted octanol–water partition coefficient (Wildman–Crippen LogP) is -2.33. The molecule has 36 heavy (non-hydrogen) atoms. The molecule has 0 aromatic carbocycles. The number of carboxylic acids is 1. The summed E-state index contributed by atoms with van der Waals surface area (Å²) in [5, 5.41) is 23.9. The van der Waals surface area contributed by atoms with Crippen molar-refractivity contribution in [1.29, 1.82) is 0 Å². The Balaban J connectivity index is 1.33. The number of carbonyl (C=O) groups excluding carboxylic acids is 3. The maximum Gasteiger partial charge on any atom is 0.352 e. The zero-order valence-electron chi connectivity index (χ0n) is 18.5. The van der Waals surface area contributed by atoms with Crippen LogP contribution in [0.25, 0.3) is 0 Å². The monoisotopic (exact) mass is 535 g/mol. The number of oxime groups is 1. The second-order valence-electron chi connectivity index (χ2n) is 8.28. The molecular weight excluding hydrogens is 514 g/mol. The normalized spacial score (nSPS) is 26.0. The van der Waals surface area contributed by atoms with Crippen molar-refractivity contribution in [2.45, 2.75) is 23.9 Å². The molecule has 4 aliphatic heterocycles. The fourth-order valence-corrected chi connectivity index (χ4v) is 6.23. The number of nitrogens with two attached hydrogens (primary N) is 1. The number of rotatable bonds is 6. The maximum absolute atomic E-state index is 12.9. The van der Waals surface area contributed by atoms with E-state index in [9.17, 15) is 29.5 Å². The third-order valence-electron chi connectivity index (χ3n) is 6.20. The summed E-state index contributed by atoms with van der Waals surface area (Å²) >= 11 is 2.06. The predicted molar refractivity (Wildman–Crippen MR) is 127 cm³/mol. The molecule has 3 fully saturated rings. The standard InChI is InChI=1S/C19H21N9O6S2/c20-19-24-13(26-36-19)10(25-34)14(29)23-11-16(31)28-12(18(32)33)8(6-35-17(11)28)3-7-1-2-27(15(7)30)9-4-21-22-5-9/h3,9,11,17,21-22,34H,1-2,4-6H2,(H,23,29)(H,32,33)(H2,20,24,26)/b7-3?,25-10-. The first-order chi connectivity index (χ1) is 17.3. The molecule has 0 aliphatic carbocycles. The van der Waals surface area contributed by atoms with Crippen molar-refractivity contribution in [2.75, 3.05) is 31.1 Å². The van der Waals surface area contributed by atoms with Gasteiger partial charge < -0.3 is 26.3 Å². The number of nitrogen functional groups attached to an aromatic ring is 1. The average molecular weight is 536 g/mol. The van der Waals surface area contributed by atoms with Crippen molar-refractivity contribution in [1.82, 2.24) is 35.3 Å². The molecule has 2 atom stereocenters. The minimum atomic E-state index is -1.31. The van der Waals surface area contributed by atoms with E-state index in [1.807, 2.05) is 0 Å². The summed E-state index contributed by atoms with van der Waals surface area (Å²) in [5.74, 6) is -2.98. The van der Waals surface area contributed by atoms with Gasteiger partial charge in [-0.25, -0.2) is 4.79 Å². The molecule has 2 unspecified atom stereocenters. The number of carbonyl (C=O) groups is 4. The fraction of sp³-hybridized carbons (Fsp3) is 0.421. The van der Waals surface area contributed by atoms with Gasteiger partial charge in [0.05, 0.1) is 6.04 Å². The fourth-order valence-electron chi connectivity index (χ4n) is 4.49. The molecule has 5 heterocycles. The number of nitrogens with zero attached hydrogens (tertiary/aromatic N) is 5. The Morgan fingerprint density at radius 3 is 2.67 bits per heavy atom. The van der Waals surface area contributed by atoms with Gasteiger partial charge in [0.1, 0.15) is 17.1 Å². The number of hydrazine groups is 1. The zero-order chi connectivity index (χ0) is 25.6. The van der Waals surface area contributed by atoms with Crippen LogP contribution in [-0.4, -0.2) is 102 Å². The van der Waals surface area contributed by atoms with Crippen LogP contribution in [-0.2, 0) is 19.2 Å². The van der Waals surface area contributed by atoms with E-state index in [2.05, 4.69) is 30.7 Å². The number of hydrogen-bond donors (Lipinski definition) is 6. The molecule has 3 amide bonds. The summed E-state index contributed by atoms with van der Waals surface area (Å²) in [5.41, 5.74) is 11.6. The second-order valence-corrected chi connectivity index (χ2v) is 10.2. The highest BCUT2D eigenvalue weighted by Gasteiger charge is 2.54. The summed E-state index contributed by atoms with van der Waals surface area (Å²) < 4.78 is 3.81. The van der Waals surface area contributed by atoms with Crippen LogP contribution < -0.4 is 21.9 Å². The Morgan fingerprint density at radius 1 is 1.28 bits per heavy atom. The van der Waals surface area contributed by atoms with Crippen molar-refractivity contribution >= 4 is 57.8 Å². The number of anilines is 1. The summed E-state index contributed by atoms with van der Waals surface area (Å²) in [6.45, 7) is 1.79. The maximum atomic E-state index is 12.9. The number of allylic oxidation sites excluding steroid dienone is 1. The lowest BCUT2D eigenvalue weighted by molar-refractivity contribution is -0.150. The van der Waals surface area contributed by atoms with Gasteiger partial charge in [0, 0.05) is 42.5 Å². The molecule has 0 bridgehead atoms. The number of aromatic nitrogens is 2. The first-order valence-corrected chi connectivity index (χ1v) is 12.6. The number of nitrogens with one attached hydrogen (secondary N) is 3. The van der Waals surface area contributed by atoms with E-state index < -0.39 is 34.9 Å². The minimum absolute atomic E-state index is 0.0195. The van der Waals surface area contributed by atoms with Crippen LogP contribution in [0.4, 0.5) is 5.13 Å². The van der Waals surface area contributed by atoms with Crippen LogP contribution in [0.1, 0.15) is 12.2 Å². The van der Waals surface area contributed by atoms with Gasteiger partial charge in [0.25, 0.3) is 11.8 Å². The summed E-state index contributed by atoms with van der Waals surface area (Å²) in [4.78, 5) is 57.2. The van der Waals surface area contributed by atoms with E-state index >= 15 is 0 Å². The lowest BCUT2D eigenvalue weighted by Crippen LogP contribution is -2.71. The Kier molecular flexibility index (Phi) is 6.37. The summed E-state index contributed by atoms with van der Waals surface area (Å²) in [6, 6.07) is -1.03. The van der Waals surface area contributed by atoms with E-state index in [1.165, 1.54) is 11.8 Å². The molecule has 0 radical (unpaired) electrons. The lowest BCUT2D eigenvalue weighted by Gasteiger charge is -2.49. The number of carboxylic acid groups (broad SMARTS) is 1. The van der Waals surface area contributed by atoms with Gasteiger partial charge in [-0.05, 0) is 18.1 Å². The van der Waals surface area contributed by atoms with Crippen molar-refractivity contribution in [2.24, 2.45) is 5.16 Å². The quantitative estimate of drug-likeness (QED) is 0.0744. The molecule has 1 aromatic rings. The number of likely N-dealkylation sites (tertiary alicyclic amines) is 1. The van der Waals surface area contributed by atoms with Gasteiger partial charge >= 0.3 is 5.97 Å². The van der Waals surface area contributed by atoms with Gasteiger partial charge in [-0.2, -0.15) is 9.36 Å². The number of hydrogen-bond acceptors (Lipinski definition) is 13. The van der Waals surface area contributed by atoms with Crippen molar-refractivity contribution in [3.05, 3.63) is 28.7 Å². The number of β-lactam (4-membered cyclic amide) rings is 1. The Hall–Kier alpha value is -3.54. The number of fused-ring (bicyclic) bond motifs is 1. The third-order valence-corrected chi connectivity index (χ3v) is 8.05. The van der Waals surface area contributed by atoms with Crippen LogP contribution in [0.5, 0.6) is 0 Å². The van der Waals surface area contributed by atoms with Crippen molar-refractivity contribution in [3.63, 3.8) is 0 Å². The first-order valence-electron chi connectivity index (χ1n) is 10.8. The largest absolute Gasteiger partial charge is 0.477 e. The molecule has 4 aliphatic rings. The molecule has 0 saturated carbocycles. The van der Waals surface area contributed by atoms with Crippen molar-refractivity contribution < 1.29 is 29.5 Å². The highest BCUT2D eigenvalue weighted by Crippen LogP contribution is 2.41. The smallest absolute Gasteiger partial charge is 0.352 e. The minimum Gasteiger partial charge on any atom is -0.477 e. The molecule has 1 aromatic heterocycles. The zero-order valence-corrected chi connectivity index (χ0v) is 20.1. The van der Waals surface area contributed by atoms with Gasteiger partial charge in [-0.15, -0.1) is 11.8 Å². The molecule has 7 N–H and O–H groups in total. The summed E-state index contributed by atoms with van der Waals surface area (Å²) in [7, 11) is 0. The van der Waals surface area contributed by atoms with Gasteiger partial charge in [-0.3, -0.25) is 30.1 Å². The highest BCUT2D eigenvalue weighted by atomic mass is 32.2. The van der Waals surface area contributed by atoms with Gasteiger partial charge in [0.2, 0.25) is 17.4 Å². The number of amides is 3. The van der Waals surface area contributed by atoms with E-state index in [-0.39, 0.29) is 34.4 Å². The molecule has 5 rings (SSSR count). The lowest BCUT2D eigenvalue weighted by atomic mass is 10.0. The van der Waals surface area contributed by atoms with Crippen LogP contribution in [0.3, 0.4) is 0 Å². The Morgan fingerprint density at radius 2 is 2.03 bits per heavy atom. The highest BCUT2D eigenvalue weighted by molar-refractivity contribution is 8.00. The molecular formula is C19H21N9O6S2. The SMILES string of the molecule is Nc1nc(/C(=N/O)C(=O)NC2C(=O)N3C(C(=O)O)=C(C=C4CCN(C5CNNC5)C4=O)CSC23)ns1. The average Bonchev–Trinajstić information content (AvgIpc) is 3.60. The molecule has 0 spiro atoms. The van der Waals surface area contributed by atoms with Crippen molar-refractivity contribution in [3.8, 4) is 0 Å². The second kappa shape index (κ2) is 9.49. The van der Waals surface area contributed by atoms with Crippen LogP contribution in [0.2, 0.25) is 0 Å². The Labute approximate surface area is 211 Å². The van der Waals surface area contributed by atoms with E-state index in [1.54, 1.807) is 11.0 Å². The molecule has 15 nitrogen and oxygen atoms in total. The van der Waals surface area contributed by atoms with E-state index in [0.717, 1.165) is 16.4 Å². The topological polar surface area (TPSA) is 215 Å². The van der Waals surface area contributed by atoms with Gasteiger partial charge in [-0.1, -0.05) is 5.16 Å². The van der Waals surface area contributed by atoms with E-state index in [4.69, 9.17) is 5.73 Å². The molecule has 3 saturated heterocycles. The van der Waals surface area contributed by atoms with Gasteiger partial charge in [0.15, 0.2) is 5.13 Å². The van der Waals surface area contributed by atoms with Crippen LogP contribution in [0.15, 0.2) is 28.1 Å².